The molecule has 5 rings (SSSR count). The molecule has 2 aromatic carbocycles. The Labute approximate surface area is 228 Å². The van der Waals surface area contributed by atoms with Crippen LogP contribution in [0.3, 0.4) is 0 Å². The molecule has 0 atom stereocenters. The zero-order valence-corrected chi connectivity index (χ0v) is 23.3. The van der Waals surface area contributed by atoms with Crippen molar-refractivity contribution in [1.82, 2.24) is 19.6 Å². The Hall–Kier alpha value is -4.21. The number of benzene rings is 2. The normalized spacial score (nSPS) is 13.5. The number of anilines is 1. The molecule has 0 aliphatic heterocycles. The van der Waals surface area contributed by atoms with Crippen LogP contribution in [-0.2, 0) is 6.54 Å². The van der Waals surface area contributed by atoms with E-state index in [0.717, 1.165) is 41.0 Å². The number of nitrogens with zero attached hydrogens (tertiary/aromatic N) is 4. The molecule has 0 saturated heterocycles. The monoisotopic (exact) mass is 533 g/mol. The van der Waals surface area contributed by atoms with Crippen molar-refractivity contribution >= 4 is 11.3 Å². The van der Waals surface area contributed by atoms with Crippen LogP contribution < -0.4 is 29.0 Å². The molecule has 1 aliphatic carbocycles. The van der Waals surface area contributed by atoms with Crippen LogP contribution in [0.25, 0.3) is 16.9 Å². The van der Waals surface area contributed by atoms with E-state index in [-0.39, 0.29) is 0 Å². The van der Waals surface area contributed by atoms with E-state index in [1.807, 2.05) is 41.8 Å². The molecule has 39 heavy (non-hydrogen) atoms. The highest BCUT2D eigenvalue weighted by Gasteiger charge is 2.26. The fraction of sp³-hybridized carbons (Fsp3) is 0.414. The van der Waals surface area contributed by atoms with Crippen LogP contribution in [0.15, 0.2) is 30.3 Å². The molecule has 2 aromatic heterocycles. The summed E-state index contributed by atoms with van der Waals surface area (Å²) in [6.45, 7) is 2.48. The summed E-state index contributed by atoms with van der Waals surface area (Å²) in [6.07, 6.45) is 4.64. The van der Waals surface area contributed by atoms with Gasteiger partial charge >= 0.3 is 0 Å². The maximum atomic E-state index is 5.54. The number of nitrogens with one attached hydrogen (secondary N) is 1. The first-order valence-electron chi connectivity index (χ1n) is 13.0. The highest BCUT2D eigenvalue weighted by atomic mass is 16.5. The Balaban J connectivity index is 1.60. The summed E-state index contributed by atoms with van der Waals surface area (Å²) in [7, 11) is 8.05. The van der Waals surface area contributed by atoms with Crippen molar-refractivity contribution in [2.45, 2.75) is 45.1 Å². The van der Waals surface area contributed by atoms with Gasteiger partial charge in [-0.3, -0.25) is 0 Å². The third-order valence-electron chi connectivity index (χ3n) is 7.24. The zero-order valence-electron chi connectivity index (χ0n) is 23.3. The minimum Gasteiger partial charge on any atom is -0.493 e. The molecule has 1 saturated carbocycles. The second-order valence-corrected chi connectivity index (χ2v) is 9.54. The van der Waals surface area contributed by atoms with Gasteiger partial charge in [0.1, 0.15) is 11.3 Å². The van der Waals surface area contributed by atoms with Gasteiger partial charge in [-0.2, -0.15) is 0 Å². The van der Waals surface area contributed by atoms with E-state index in [1.165, 1.54) is 12.8 Å². The Morgan fingerprint density at radius 2 is 1.49 bits per heavy atom. The second kappa shape index (κ2) is 11.3. The van der Waals surface area contributed by atoms with Gasteiger partial charge in [-0.25, -0.2) is 14.5 Å². The smallest absolute Gasteiger partial charge is 0.203 e. The fourth-order valence-electron chi connectivity index (χ4n) is 5.28. The number of imidazole rings is 1. The third kappa shape index (κ3) is 4.98. The lowest BCUT2D eigenvalue weighted by atomic mass is 10.1. The highest BCUT2D eigenvalue weighted by Crippen LogP contribution is 2.39. The van der Waals surface area contributed by atoms with E-state index in [9.17, 15) is 0 Å². The molecule has 1 fully saturated rings. The number of aromatic nitrogens is 4. The minimum atomic E-state index is 0.377. The molecule has 1 aliphatic rings. The average Bonchev–Trinajstić information content (AvgIpc) is 3.62. The highest BCUT2D eigenvalue weighted by molar-refractivity contribution is 5.74. The summed E-state index contributed by atoms with van der Waals surface area (Å²) in [5.74, 6) is 5.62. The van der Waals surface area contributed by atoms with Crippen LogP contribution in [-0.4, -0.2) is 55.1 Å². The molecule has 0 radical (unpaired) electrons. The fourth-order valence-corrected chi connectivity index (χ4v) is 5.28. The van der Waals surface area contributed by atoms with E-state index >= 15 is 0 Å². The standard InChI is InChI=1S/C29H35N5O5/c1-17-25-28(30-16-18-13-23(37-4)26(39-6)24(14-18)38-5)32-27(20-11-12-21(35-2)22(15-20)36-3)33-34(25)29(31-17)19-9-7-8-10-19/h11-15,19H,7-10,16H2,1-6H3,(H,30,32,33). The topological polar surface area (TPSA) is 101 Å². The summed E-state index contributed by atoms with van der Waals surface area (Å²) in [5.41, 5.74) is 3.52. The molecule has 206 valence electrons. The van der Waals surface area contributed by atoms with Gasteiger partial charge in [-0.05, 0) is 55.7 Å². The van der Waals surface area contributed by atoms with Gasteiger partial charge in [-0.15, -0.1) is 5.10 Å². The van der Waals surface area contributed by atoms with E-state index < -0.39 is 0 Å². The lowest BCUT2D eigenvalue weighted by Crippen LogP contribution is -2.10. The summed E-state index contributed by atoms with van der Waals surface area (Å²) < 4.78 is 29.5. The molecule has 0 bridgehead atoms. The largest absolute Gasteiger partial charge is 0.493 e. The number of ether oxygens (including phenoxy) is 5. The van der Waals surface area contributed by atoms with Crippen LogP contribution in [0, 0.1) is 6.92 Å². The van der Waals surface area contributed by atoms with Crippen LogP contribution in [0.2, 0.25) is 0 Å². The maximum absolute atomic E-state index is 5.54. The van der Waals surface area contributed by atoms with Crippen molar-refractivity contribution in [2.75, 3.05) is 40.9 Å². The van der Waals surface area contributed by atoms with Gasteiger partial charge in [0.15, 0.2) is 34.6 Å². The Morgan fingerprint density at radius 1 is 0.821 bits per heavy atom. The first-order valence-corrected chi connectivity index (χ1v) is 13.0. The molecular weight excluding hydrogens is 498 g/mol. The van der Waals surface area contributed by atoms with Crippen molar-refractivity contribution in [1.29, 1.82) is 0 Å². The van der Waals surface area contributed by atoms with Gasteiger partial charge in [0.2, 0.25) is 5.75 Å². The Morgan fingerprint density at radius 3 is 2.10 bits per heavy atom. The quantitative estimate of drug-likeness (QED) is 0.287. The predicted molar refractivity (Wildman–Crippen MR) is 149 cm³/mol. The number of aryl methyl sites for hydroxylation is 1. The minimum absolute atomic E-state index is 0.377. The molecule has 10 heteroatoms. The predicted octanol–water partition coefficient (Wildman–Crippen LogP) is 5.41. The first-order chi connectivity index (χ1) is 19.0. The maximum Gasteiger partial charge on any atom is 0.203 e. The Kier molecular flexibility index (Phi) is 7.63. The summed E-state index contributed by atoms with van der Waals surface area (Å²) >= 11 is 0. The van der Waals surface area contributed by atoms with Crippen LogP contribution in [0.5, 0.6) is 28.7 Å². The van der Waals surface area contributed by atoms with E-state index in [0.29, 0.717) is 52.9 Å². The summed E-state index contributed by atoms with van der Waals surface area (Å²) in [6, 6.07) is 9.54. The van der Waals surface area contributed by atoms with Gasteiger partial charge in [0.05, 0.1) is 41.2 Å². The number of rotatable bonds is 10. The summed E-state index contributed by atoms with van der Waals surface area (Å²) in [4.78, 5) is 9.95. The summed E-state index contributed by atoms with van der Waals surface area (Å²) in [5, 5.41) is 8.52. The molecule has 2 heterocycles. The van der Waals surface area contributed by atoms with Gasteiger partial charge in [-0.1, -0.05) is 12.8 Å². The zero-order chi connectivity index (χ0) is 27.5. The number of hydrogen-bond acceptors (Lipinski definition) is 9. The van der Waals surface area contributed by atoms with Crippen LogP contribution in [0.1, 0.15) is 48.7 Å². The van der Waals surface area contributed by atoms with E-state index in [2.05, 4.69) is 5.32 Å². The molecular formula is C29H35N5O5. The molecule has 0 amide bonds. The van der Waals surface area contributed by atoms with Crippen molar-refractivity contribution in [2.24, 2.45) is 0 Å². The molecule has 10 nitrogen and oxygen atoms in total. The van der Waals surface area contributed by atoms with Gasteiger partial charge < -0.3 is 29.0 Å². The van der Waals surface area contributed by atoms with Crippen molar-refractivity contribution in [3.8, 4) is 40.1 Å². The van der Waals surface area contributed by atoms with Gasteiger partial charge in [0.25, 0.3) is 0 Å². The first kappa shape index (κ1) is 26.4. The molecule has 0 spiro atoms. The number of hydrogen-bond donors (Lipinski definition) is 1. The SMILES string of the molecule is COc1ccc(-c2nc(NCc3cc(OC)c(OC)c(OC)c3)c3c(C)nc(C4CCCC4)n3n2)cc1OC. The number of methoxy groups -OCH3 is 5. The molecule has 0 unspecified atom stereocenters. The van der Waals surface area contributed by atoms with Crippen LogP contribution in [0.4, 0.5) is 5.82 Å². The van der Waals surface area contributed by atoms with E-state index in [1.54, 1.807) is 35.5 Å². The average molecular weight is 534 g/mol. The van der Waals surface area contributed by atoms with E-state index in [4.69, 9.17) is 38.8 Å². The second-order valence-electron chi connectivity index (χ2n) is 9.54. The van der Waals surface area contributed by atoms with Crippen molar-refractivity contribution in [3.63, 3.8) is 0 Å². The Bertz CT molecular complexity index is 1450. The third-order valence-corrected chi connectivity index (χ3v) is 7.24. The molecule has 1 N–H and O–H groups in total. The lowest BCUT2D eigenvalue weighted by Gasteiger charge is -2.16. The van der Waals surface area contributed by atoms with Gasteiger partial charge in [0, 0.05) is 18.0 Å². The lowest BCUT2D eigenvalue weighted by molar-refractivity contribution is 0.324. The van der Waals surface area contributed by atoms with Crippen molar-refractivity contribution < 1.29 is 23.7 Å². The molecule has 4 aromatic rings. The number of fused-ring (bicyclic) bond motifs is 1. The van der Waals surface area contributed by atoms with Crippen molar-refractivity contribution in [3.05, 3.63) is 47.4 Å². The van der Waals surface area contributed by atoms with Crippen LogP contribution >= 0.6 is 0 Å².